The van der Waals surface area contributed by atoms with E-state index in [1.807, 2.05) is 12.1 Å². The van der Waals surface area contributed by atoms with E-state index in [1.54, 1.807) is 0 Å². The van der Waals surface area contributed by atoms with Crippen LogP contribution in [-0.2, 0) is 4.43 Å². The van der Waals surface area contributed by atoms with Crippen LogP contribution in [0.5, 0.6) is 0 Å². The summed E-state index contributed by atoms with van der Waals surface area (Å²) < 4.78 is 6.65. The fourth-order valence-corrected chi connectivity index (χ4v) is 7.66. The number of hydrogen-bond acceptors (Lipinski definition) is 2. The van der Waals surface area contributed by atoms with Crippen molar-refractivity contribution in [2.45, 2.75) is 38.7 Å². The van der Waals surface area contributed by atoms with E-state index in [-0.39, 0.29) is 11.6 Å². The van der Waals surface area contributed by atoms with E-state index < -0.39 is 8.32 Å². The highest BCUT2D eigenvalue weighted by atomic mass is 28.4. The maximum atomic E-state index is 8.86. The van der Waals surface area contributed by atoms with Gasteiger partial charge in [0.1, 0.15) is 0 Å². The normalized spacial score (nSPS) is 11.7. The summed E-state index contributed by atoms with van der Waals surface area (Å²) >= 11 is 0. The quantitative estimate of drug-likeness (QED) is 0.491. The van der Waals surface area contributed by atoms with Gasteiger partial charge in [0, 0.05) is 13.0 Å². The summed E-state index contributed by atoms with van der Waals surface area (Å²) in [6.07, 6.45) is 1.42. The van der Waals surface area contributed by atoms with Gasteiger partial charge in [-0.15, -0.1) is 5.92 Å². The maximum Gasteiger partial charge on any atom is 0.262 e. The van der Waals surface area contributed by atoms with E-state index in [1.165, 1.54) is 10.4 Å². The second-order valence-electron chi connectivity index (χ2n) is 7.13. The molecule has 0 radical (unpaired) electrons. The molecule has 2 aromatic carbocycles. The molecule has 0 unspecified atom stereocenters. The molecular formula is C22H28O2Si. The number of benzene rings is 2. The largest absolute Gasteiger partial charge is 0.396 e. The van der Waals surface area contributed by atoms with Crippen LogP contribution in [0.25, 0.3) is 0 Å². The van der Waals surface area contributed by atoms with Crippen molar-refractivity contribution in [1.82, 2.24) is 0 Å². The van der Waals surface area contributed by atoms with Gasteiger partial charge in [0.05, 0.1) is 6.61 Å². The third-order valence-corrected chi connectivity index (χ3v) is 9.35. The zero-order valence-electron chi connectivity index (χ0n) is 15.5. The first-order chi connectivity index (χ1) is 12.0. The highest BCUT2D eigenvalue weighted by Crippen LogP contribution is 2.36. The second-order valence-corrected chi connectivity index (χ2v) is 11.4. The molecule has 0 heterocycles. The summed E-state index contributed by atoms with van der Waals surface area (Å²) in [7, 11) is -2.47. The summed E-state index contributed by atoms with van der Waals surface area (Å²) in [6.45, 7) is 7.39. The molecule has 1 N–H and O–H groups in total. The predicted molar refractivity (Wildman–Crippen MR) is 108 cm³/mol. The van der Waals surface area contributed by atoms with Gasteiger partial charge in [-0.1, -0.05) is 87.4 Å². The number of aliphatic hydroxyl groups is 1. The van der Waals surface area contributed by atoms with Crippen LogP contribution >= 0.6 is 0 Å². The van der Waals surface area contributed by atoms with Crippen LogP contribution in [0, 0.1) is 11.8 Å². The van der Waals surface area contributed by atoms with Crippen LogP contribution in [0.2, 0.25) is 5.04 Å². The third kappa shape index (κ3) is 4.61. The van der Waals surface area contributed by atoms with Gasteiger partial charge in [-0.2, -0.15) is 0 Å². The van der Waals surface area contributed by atoms with E-state index in [4.69, 9.17) is 9.53 Å². The molecule has 3 heteroatoms. The van der Waals surface area contributed by atoms with Gasteiger partial charge in [0.25, 0.3) is 8.32 Å². The molecule has 25 heavy (non-hydrogen) atoms. The van der Waals surface area contributed by atoms with Gasteiger partial charge < -0.3 is 9.53 Å². The first-order valence-electron chi connectivity index (χ1n) is 8.84. The van der Waals surface area contributed by atoms with Gasteiger partial charge in [-0.25, -0.2) is 0 Å². The average Bonchev–Trinajstić information content (AvgIpc) is 2.62. The summed E-state index contributed by atoms with van der Waals surface area (Å²) in [5.74, 6) is 6.24. The van der Waals surface area contributed by atoms with E-state index in [0.717, 1.165) is 0 Å². The molecule has 2 aromatic rings. The van der Waals surface area contributed by atoms with E-state index >= 15 is 0 Å². The standard InChI is InChI=1S/C22H28O2Si/c1-22(2,3)25(20-14-8-6-9-15-20,21-16-10-7-11-17-21)24-19-13-5-4-12-18-23/h6-11,14-17,23H,4,12,18-19H2,1-3H3. The summed E-state index contributed by atoms with van der Waals surface area (Å²) in [5.41, 5.74) is 0. The lowest BCUT2D eigenvalue weighted by molar-refractivity contribution is 0.290. The molecule has 0 aliphatic heterocycles. The van der Waals surface area contributed by atoms with Crippen LogP contribution in [0.4, 0.5) is 0 Å². The van der Waals surface area contributed by atoms with Gasteiger partial charge in [0.2, 0.25) is 0 Å². The fraction of sp³-hybridized carbons (Fsp3) is 0.364. The van der Waals surface area contributed by atoms with Gasteiger partial charge in [0.15, 0.2) is 0 Å². The Kier molecular flexibility index (Phi) is 7.01. The van der Waals surface area contributed by atoms with Crippen molar-refractivity contribution in [2.24, 2.45) is 0 Å². The Balaban J connectivity index is 2.43. The van der Waals surface area contributed by atoms with E-state index in [0.29, 0.717) is 19.4 Å². The molecule has 2 nitrogen and oxygen atoms in total. The molecule has 0 aliphatic carbocycles. The first kappa shape index (κ1) is 19.5. The van der Waals surface area contributed by atoms with Crippen LogP contribution in [0.3, 0.4) is 0 Å². The minimum atomic E-state index is -2.47. The molecule has 2 rings (SSSR count). The highest BCUT2D eigenvalue weighted by molar-refractivity contribution is 6.99. The smallest absolute Gasteiger partial charge is 0.262 e. The summed E-state index contributed by atoms with van der Waals surface area (Å²) in [4.78, 5) is 0. The minimum absolute atomic E-state index is 0.0253. The lowest BCUT2D eigenvalue weighted by atomic mass is 10.2. The number of unbranched alkanes of at least 4 members (excludes halogenated alkanes) is 1. The third-order valence-electron chi connectivity index (χ3n) is 4.36. The van der Waals surface area contributed by atoms with Crippen LogP contribution in [0.15, 0.2) is 60.7 Å². The molecule has 0 atom stereocenters. The minimum Gasteiger partial charge on any atom is -0.396 e. The van der Waals surface area contributed by atoms with Crippen LogP contribution in [-0.4, -0.2) is 26.6 Å². The van der Waals surface area contributed by atoms with Crippen molar-refractivity contribution >= 4 is 18.7 Å². The second kappa shape index (κ2) is 9.01. The van der Waals surface area contributed by atoms with Gasteiger partial charge >= 0.3 is 0 Å². The summed E-state index contributed by atoms with van der Waals surface area (Å²) in [5, 5.41) is 11.4. The molecule has 0 bridgehead atoms. The molecule has 132 valence electrons. The van der Waals surface area contributed by atoms with Crippen molar-refractivity contribution in [1.29, 1.82) is 0 Å². The van der Waals surface area contributed by atoms with Crippen molar-refractivity contribution in [2.75, 3.05) is 13.2 Å². The molecule has 0 spiro atoms. The van der Waals surface area contributed by atoms with Crippen molar-refractivity contribution in [3.63, 3.8) is 0 Å². The Morgan fingerprint density at radius 3 is 1.84 bits per heavy atom. The highest BCUT2D eigenvalue weighted by Gasteiger charge is 2.49. The molecule has 0 saturated carbocycles. The molecule has 0 aromatic heterocycles. The molecule has 0 saturated heterocycles. The summed E-state index contributed by atoms with van der Waals surface area (Å²) in [6, 6.07) is 21.2. The molecule has 0 fully saturated rings. The zero-order valence-corrected chi connectivity index (χ0v) is 16.5. The first-order valence-corrected chi connectivity index (χ1v) is 10.7. The van der Waals surface area contributed by atoms with E-state index in [9.17, 15) is 0 Å². The monoisotopic (exact) mass is 352 g/mol. The van der Waals surface area contributed by atoms with Crippen LogP contribution < -0.4 is 10.4 Å². The van der Waals surface area contributed by atoms with Crippen LogP contribution in [0.1, 0.15) is 33.6 Å². The fourth-order valence-electron chi connectivity index (χ4n) is 3.21. The molecular weight excluding hydrogens is 324 g/mol. The molecule has 0 amide bonds. The maximum absolute atomic E-state index is 8.86. The Morgan fingerprint density at radius 2 is 1.40 bits per heavy atom. The number of aliphatic hydroxyl groups excluding tert-OH is 1. The zero-order chi connectivity index (χ0) is 18.2. The number of rotatable bonds is 6. The lowest BCUT2D eigenvalue weighted by Crippen LogP contribution is -2.66. The predicted octanol–water partition coefficient (Wildman–Crippen LogP) is 3.34. The van der Waals surface area contributed by atoms with Crippen molar-refractivity contribution in [3.05, 3.63) is 60.7 Å². The van der Waals surface area contributed by atoms with Crippen molar-refractivity contribution in [3.8, 4) is 11.8 Å². The Bertz CT molecular complexity index is 654. The Labute approximate surface area is 153 Å². The van der Waals surface area contributed by atoms with Gasteiger partial charge in [-0.05, 0) is 21.8 Å². The lowest BCUT2D eigenvalue weighted by Gasteiger charge is -2.42. The average molecular weight is 353 g/mol. The van der Waals surface area contributed by atoms with Crippen molar-refractivity contribution < 1.29 is 9.53 Å². The number of hydrogen-bond donors (Lipinski definition) is 1. The Morgan fingerprint density at radius 1 is 0.880 bits per heavy atom. The Hall–Kier alpha value is -1.86. The molecule has 0 aliphatic rings. The SMILES string of the molecule is CC(C)(C)[Si](OCC#CCCCO)(c1ccccc1)c1ccccc1. The van der Waals surface area contributed by atoms with Gasteiger partial charge in [-0.3, -0.25) is 0 Å². The van der Waals surface area contributed by atoms with E-state index in [2.05, 4.69) is 81.1 Å². The topological polar surface area (TPSA) is 29.5 Å².